The standard InChI is InChI=1S/C12H12O3/c1-6-3-9-8(5-7(2)11(9)13)10(4-6)12(14)15/h3-4,7H,5H2,1-2H3,(H,14,15)/t7-/m0/s1. The Hall–Kier alpha value is -1.64. The molecule has 15 heavy (non-hydrogen) atoms. The third-order valence-electron chi connectivity index (χ3n) is 2.85. The summed E-state index contributed by atoms with van der Waals surface area (Å²) in [5.41, 5.74) is 2.40. The summed E-state index contributed by atoms with van der Waals surface area (Å²) in [5.74, 6) is -0.965. The maximum absolute atomic E-state index is 11.7. The van der Waals surface area contributed by atoms with Gasteiger partial charge in [0.05, 0.1) is 5.56 Å². The first-order valence-electron chi connectivity index (χ1n) is 4.91. The van der Waals surface area contributed by atoms with Crippen LogP contribution >= 0.6 is 0 Å². The number of aryl methyl sites for hydroxylation is 1. The van der Waals surface area contributed by atoms with E-state index >= 15 is 0 Å². The Balaban J connectivity index is 2.67. The molecule has 0 bridgehead atoms. The van der Waals surface area contributed by atoms with Crippen LogP contribution in [0.1, 0.15) is 38.8 Å². The molecule has 0 aliphatic heterocycles. The van der Waals surface area contributed by atoms with Crippen LogP contribution in [0.4, 0.5) is 0 Å². The molecule has 0 heterocycles. The molecular weight excluding hydrogens is 192 g/mol. The molecule has 1 aromatic carbocycles. The van der Waals surface area contributed by atoms with Crippen molar-refractivity contribution < 1.29 is 14.7 Å². The van der Waals surface area contributed by atoms with E-state index in [0.717, 1.165) is 5.56 Å². The molecule has 2 rings (SSSR count). The summed E-state index contributed by atoms with van der Waals surface area (Å²) in [6.45, 7) is 3.65. The van der Waals surface area contributed by atoms with Crippen molar-refractivity contribution in [1.29, 1.82) is 0 Å². The number of carboxylic acids is 1. The molecule has 0 saturated carbocycles. The molecule has 0 unspecified atom stereocenters. The van der Waals surface area contributed by atoms with Gasteiger partial charge in [0.15, 0.2) is 5.78 Å². The number of hydrogen-bond acceptors (Lipinski definition) is 2. The zero-order valence-electron chi connectivity index (χ0n) is 8.70. The topological polar surface area (TPSA) is 54.4 Å². The zero-order valence-corrected chi connectivity index (χ0v) is 8.70. The second-order valence-corrected chi connectivity index (χ2v) is 4.11. The molecule has 0 saturated heterocycles. The van der Waals surface area contributed by atoms with E-state index in [1.807, 2.05) is 13.8 Å². The normalized spacial score (nSPS) is 19.1. The Morgan fingerprint density at radius 2 is 2.13 bits per heavy atom. The number of ketones is 1. The summed E-state index contributed by atoms with van der Waals surface area (Å²) in [6, 6.07) is 3.42. The summed E-state index contributed by atoms with van der Waals surface area (Å²) in [7, 11) is 0. The molecule has 0 amide bonds. The number of carbonyl (C=O) groups excluding carboxylic acids is 1. The van der Waals surface area contributed by atoms with Gasteiger partial charge >= 0.3 is 5.97 Å². The lowest BCUT2D eigenvalue weighted by molar-refractivity contribution is 0.0695. The average molecular weight is 204 g/mol. The molecule has 1 atom stereocenters. The Morgan fingerprint density at radius 3 is 2.73 bits per heavy atom. The highest BCUT2D eigenvalue weighted by molar-refractivity contribution is 6.05. The molecule has 0 aromatic heterocycles. The number of Topliss-reactive ketones (excluding diaryl/α,β-unsaturated/α-hetero) is 1. The number of rotatable bonds is 1. The van der Waals surface area contributed by atoms with Crippen molar-refractivity contribution in [3.63, 3.8) is 0 Å². The average Bonchev–Trinajstić information content (AvgIpc) is 2.43. The molecule has 1 aromatic rings. The van der Waals surface area contributed by atoms with Crippen LogP contribution in [0, 0.1) is 12.8 Å². The third-order valence-corrected chi connectivity index (χ3v) is 2.85. The van der Waals surface area contributed by atoms with Crippen LogP contribution in [0.25, 0.3) is 0 Å². The van der Waals surface area contributed by atoms with Crippen LogP contribution in [0.15, 0.2) is 12.1 Å². The van der Waals surface area contributed by atoms with Gasteiger partial charge in [-0.2, -0.15) is 0 Å². The minimum absolute atomic E-state index is 0.0659. The van der Waals surface area contributed by atoms with Crippen LogP contribution < -0.4 is 0 Å². The van der Waals surface area contributed by atoms with E-state index < -0.39 is 5.97 Å². The molecule has 1 N–H and O–H groups in total. The first-order valence-corrected chi connectivity index (χ1v) is 4.91. The van der Waals surface area contributed by atoms with Crippen LogP contribution in [0.5, 0.6) is 0 Å². The fourth-order valence-corrected chi connectivity index (χ4v) is 2.11. The monoisotopic (exact) mass is 204 g/mol. The third kappa shape index (κ3) is 1.44. The Morgan fingerprint density at radius 1 is 1.47 bits per heavy atom. The SMILES string of the molecule is Cc1cc(C(=O)O)c2c(c1)C(=O)[C@@H](C)C2. The minimum atomic E-state index is -0.947. The van der Waals surface area contributed by atoms with Crippen LogP contribution in [-0.2, 0) is 6.42 Å². The minimum Gasteiger partial charge on any atom is -0.478 e. The van der Waals surface area contributed by atoms with Crippen LogP contribution in [-0.4, -0.2) is 16.9 Å². The highest BCUT2D eigenvalue weighted by atomic mass is 16.4. The van der Waals surface area contributed by atoms with Gasteiger partial charge in [-0.05, 0) is 36.6 Å². The molecule has 1 aliphatic rings. The van der Waals surface area contributed by atoms with Gasteiger partial charge in [0.25, 0.3) is 0 Å². The lowest BCUT2D eigenvalue weighted by Gasteiger charge is -2.04. The molecule has 78 valence electrons. The van der Waals surface area contributed by atoms with Gasteiger partial charge in [-0.1, -0.05) is 6.92 Å². The maximum Gasteiger partial charge on any atom is 0.335 e. The Bertz CT molecular complexity index is 460. The van der Waals surface area contributed by atoms with E-state index in [2.05, 4.69) is 0 Å². The van der Waals surface area contributed by atoms with Crippen molar-refractivity contribution in [2.45, 2.75) is 20.3 Å². The predicted octanol–water partition coefficient (Wildman–Crippen LogP) is 2.07. The van der Waals surface area contributed by atoms with Crippen molar-refractivity contribution in [3.8, 4) is 0 Å². The van der Waals surface area contributed by atoms with Gasteiger partial charge in [-0.25, -0.2) is 4.79 Å². The summed E-state index contributed by atoms with van der Waals surface area (Å²) >= 11 is 0. The van der Waals surface area contributed by atoms with E-state index in [9.17, 15) is 9.59 Å². The molecule has 0 spiro atoms. The van der Waals surface area contributed by atoms with E-state index in [1.54, 1.807) is 12.1 Å². The van der Waals surface area contributed by atoms with E-state index in [-0.39, 0.29) is 17.3 Å². The lowest BCUT2D eigenvalue weighted by Crippen LogP contribution is -2.04. The molecular formula is C12H12O3. The number of carboxylic acid groups (broad SMARTS) is 1. The Labute approximate surface area is 87.7 Å². The van der Waals surface area contributed by atoms with Crippen molar-refractivity contribution >= 4 is 11.8 Å². The van der Waals surface area contributed by atoms with Crippen molar-refractivity contribution in [2.75, 3.05) is 0 Å². The first kappa shape index (κ1) is 9.90. The fourth-order valence-electron chi connectivity index (χ4n) is 2.11. The summed E-state index contributed by atoms with van der Waals surface area (Å²) in [6.07, 6.45) is 0.552. The number of benzene rings is 1. The molecule has 0 radical (unpaired) electrons. The smallest absolute Gasteiger partial charge is 0.335 e. The fraction of sp³-hybridized carbons (Fsp3) is 0.333. The molecule has 0 fully saturated rings. The number of aromatic carboxylic acids is 1. The largest absolute Gasteiger partial charge is 0.478 e. The molecule has 3 heteroatoms. The summed E-state index contributed by atoms with van der Waals surface area (Å²) < 4.78 is 0. The van der Waals surface area contributed by atoms with Crippen LogP contribution in [0.2, 0.25) is 0 Å². The van der Waals surface area contributed by atoms with Crippen molar-refractivity contribution in [1.82, 2.24) is 0 Å². The van der Waals surface area contributed by atoms with Crippen molar-refractivity contribution in [3.05, 3.63) is 34.4 Å². The van der Waals surface area contributed by atoms with Gasteiger partial charge < -0.3 is 5.11 Å². The lowest BCUT2D eigenvalue weighted by atomic mass is 10.00. The first-order chi connectivity index (χ1) is 7.00. The quantitative estimate of drug-likeness (QED) is 0.761. The second-order valence-electron chi connectivity index (χ2n) is 4.11. The van der Waals surface area contributed by atoms with E-state index in [0.29, 0.717) is 17.5 Å². The predicted molar refractivity (Wildman–Crippen MR) is 55.3 cm³/mol. The highest BCUT2D eigenvalue weighted by Gasteiger charge is 2.30. The Kier molecular flexibility index (Phi) is 2.11. The van der Waals surface area contributed by atoms with Gasteiger partial charge in [-0.15, -0.1) is 0 Å². The summed E-state index contributed by atoms with van der Waals surface area (Å²) in [5, 5.41) is 9.03. The van der Waals surface area contributed by atoms with E-state index in [4.69, 9.17) is 5.11 Å². The van der Waals surface area contributed by atoms with Gasteiger partial charge in [-0.3, -0.25) is 4.79 Å². The van der Waals surface area contributed by atoms with Crippen molar-refractivity contribution in [2.24, 2.45) is 5.92 Å². The molecule has 1 aliphatic carbocycles. The highest BCUT2D eigenvalue weighted by Crippen LogP contribution is 2.30. The maximum atomic E-state index is 11.7. The number of hydrogen-bond donors (Lipinski definition) is 1. The van der Waals surface area contributed by atoms with E-state index in [1.165, 1.54) is 0 Å². The van der Waals surface area contributed by atoms with Crippen LogP contribution in [0.3, 0.4) is 0 Å². The second kappa shape index (κ2) is 3.19. The number of fused-ring (bicyclic) bond motifs is 1. The van der Waals surface area contributed by atoms with Gasteiger partial charge in [0.1, 0.15) is 0 Å². The zero-order chi connectivity index (χ0) is 11.2. The van der Waals surface area contributed by atoms with Gasteiger partial charge in [0.2, 0.25) is 0 Å². The van der Waals surface area contributed by atoms with Gasteiger partial charge in [0, 0.05) is 11.5 Å². The number of carbonyl (C=O) groups is 2. The molecule has 3 nitrogen and oxygen atoms in total. The summed E-state index contributed by atoms with van der Waals surface area (Å²) in [4.78, 5) is 22.7.